The molecular formula is C31H34N4O8. The predicted molar refractivity (Wildman–Crippen MR) is 155 cm³/mol. The zero-order valence-corrected chi connectivity index (χ0v) is 23.9. The number of hydrogen-bond donors (Lipinski definition) is 4. The maximum absolute atomic E-state index is 13.5. The zero-order valence-electron chi connectivity index (χ0n) is 23.9. The molecule has 226 valence electrons. The van der Waals surface area contributed by atoms with Crippen molar-refractivity contribution in [1.82, 2.24) is 20.3 Å². The molecule has 4 N–H and O–H groups in total. The van der Waals surface area contributed by atoms with E-state index in [0.717, 1.165) is 29.4 Å². The lowest BCUT2D eigenvalue weighted by Crippen LogP contribution is -2.44. The second kappa shape index (κ2) is 12.4. The van der Waals surface area contributed by atoms with Crippen LogP contribution >= 0.6 is 0 Å². The molecule has 0 spiro atoms. The molecule has 12 nitrogen and oxygen atoms in total. The molecule has 1 atom stereocenters. The van der Waals surface area contributed by atoms with Gasteiger partial charge in [0.05, 0.1) is 29.0 Å². The molecule has 0 fully saturated rings. The number of cyclic esters (lactones) is 1. The van der Waals surface area contributed by atoms with Crippen molar-refractivity contribution in [3.05, 3.63) is 69.5 Å². The van der Waals surface area contributed by atoms with E-state index in [-0.39, 0.29) is 42.7 Å². The Morgan fingerprint density at radius 3 is 2.74 bits per heavy atom. The number of nitrogens with zero attached hydrogens (tertiary/aromatic N) is 2. The maximum atomic E-state index is 13.5. The third kappa shape index (κ3) is 5.63. The highest BCUT2D eigenvalue weighted by atomic mass is 16.6. The zero-order chi connectivity index (χ0) is 30.7. The van der Waals surface area contributed by atoms with Crippen molar-refractivity contribution in [2.45, 2.75) is 70.6 Å². The van der Waals surface area contributed by atoms with Gasteiger partial charge < -0.3 is 24.5 Å². The SMILES string of the molecule is C=CCc1c(OC(=O)NCCCCCCC(=O)NO)ccc2nc3c(cc12)Cn1c-3cc2c(c1=O)COC(=O)[C@]2(O)CC. The molecule has 0 bridgehead atoms. The summed E-state index contributed by atoms with van der Waals surface area (Å²) < 4.78 is 12.4. The average Bonchev–Trinajstić information content (AvgIpc) is 3.36. The number of aromatic nitrogens is 2. The van der Waals surface area contributed by atoms with Crippen LogP contribution in [0.15, 0.2) is 41.7 Å². The minimum Gasteiger partial charge on any atom is -0.458 e. The number of rotatable bonds is 11. The molecule has 0 saturated carbocycles. The number of fused-ring (bicyclic) bond motifs is 5. The molecular weight excluding hydrogens is 556 g/mol. The Kier molecular flexibility index (Phi) is 8.60. The normalized spacial score (nSPS) is 16.6. The number of amides is 2. The first kappa shape index (κ1) is 29.9. The van der Waals surface area contributed by atoms with Crippen LogP contribution in [0.4, 0.5) is 4.79 Å². The van der Waals surface area contributed by atoms with E-state index in [1.807, 2.05) is 6.07 Å². The predicted octanol–water partition coefficient (Wildman–Crippen LogP) is 3.35. The molecule has 0 saturated heterocycles. The molecule has 2 amide bonds. The quantitative estimate of drug-likeness (QED) is 0.0673. The van der Waals surface area contributed by atoms with Crippen LogP contribution in [0.25, 0.3) is 22.3 Å². The standard InChI is InChI=1S/C31H34N4O8/c1-3-9-19-20-14-18-16-35-24(15-22-21(28(35)37)17-42-29(38)31(22,40)4-2)27(18)33-23(20)11-12-25(19)43-30(39)32-13-8-6-5-7-10-26(36)34-41/h3,11-12,14-15,40-41H,1,4-10,13,16-17H2,2H3,(H,32,39)(H,34,36)/t31-/m0/s1. The summed E-state index contributed by atoms with van der Waals surface area (Å²) in [6.45, 7) is 5.97. The van der Waals surface area contributed by atoms with Crippen LogP contribution in [0.2, 0.25) is 0 Å². The number of esters is 1. The van der Waals surface area contributed by atoms with Gasteiger partial charge in [-0.25, -0.2) is 20.1 Å². The summed E-state index contributed by atoms with van der Waals surface area (Å²) >= 11 is 0. The van der Waals surface area contributed by atoms with Gasteiger partial charge in [0.15, 0.2) is 5.60 Å². The molecule has 2 aliphatic rings. The molecule has 0 unspecified atom stereocenters. The Labute approximate surface area is 247 Å². The lowest BCUT2D eigenvalue weighted by Gasteiger charge is -2.31. The average molecular weight is 591 g/mol. The van der Waals surface area contributed by atoms with Gasteiger partial charge in [0.2, 0.25) is 5.91 Å². The molecule has 5 rings (SSSR count). The van der Waals surface area contributed by atoms with Crippen molar-refractivity contribution < 1.29 is 34.2 Å². The maximum Gasteiger partial charge on any atom is 0.412 e. The molecule has 1 aromatic carbocycles. The van der Waals surface area contributed by atoms with E-state index in [1.54, 1.807) is 41.2 Å². The number of unbranched alkanes of at least 4 members (excludes halogenated alkanes) is 3. The molecule has 0 aliphatic carbocycles. The first-order valence-corrected chi connectivity index (χ1v) is 14.3. The van der Waals surface area contributed by atoms with Gasteiger partial charge in [-0.2, -0.15) is 0 Å². The second-order valence-corrected chi connectivity index (χ2v) is 10.7. The number of aliphatic hydroxyl groups is 1. The fourth-order valence-corrected chi connectivity index (χ4v) is 5.69. The molecule has 2 aliphatic heterocycles. The highest BCUT2D eigenvalue weighted by Gasteiger charge is 2.45. The highest BCUT2D eigenvalue weighted by molar-refractivity contribution is 5.90. The molecule has 12 heteroatoms. The van der Waals surface area contributed by atoms with E-state index >= 15 is 0 Å². The first-order chi connectivity index (χ1) is 20.7. The minimum absolute atomic E-state index is 0.0620. The molecule has 43 heavy (non-hydrogen) atoms. The van der Waals surface area contributed by atoms with Crippen LogP contribution in [-0.2, 0) is 39.5 Å². The second-order valence-electron chi connectivity index (χ2n) is 10.7. The summed E-state index contributed by atoms with van der Waals surface area (Å²) in [5.74, 6) is -0.817. The van der Waals surface area contributed by atoms with Crippen molar-refractivity contribution in [3.8, 4) is 17.1 Å². The van der Waals surface area contributed by atoms with Crippen molar-refractivity contribution in [3.63, 3.8) is 0 Å². The molecule has 0 radical (unpaired) electrons. The van der Waals surface area contributed by atoms with Crippen LogP contribution in [0, 0.1) is 0 Å². The van der Waals surface area contributed by atoms with Gasteiger partial charge in [0, 0.05) is 35.0 Å². The fraction of sp³-hybridized carbons (Fsp3) is 0.387. The van der Waals surface area contributed by atoms with E-state index in [4.69, 9.17) is 19.7 Å². The van der Waals surface area contributed by atoms with Crippen molar-refractivity contribution in [2.24, 2.45) is 0 Å². The molecule has 3 aromatic rings. The van der Waals surface area contributed by atoms with Crippen molar-refractivity contribution in [2.75, 3.05) is 6.54 Å². The number of ether oxygens (including phenoxy) is 2. The van der Waals surface area contributed by atoms with Gasteiger partial charge in [-0.3, -0.25) is 14.8 Å². The van der Waals surface area contributed by atoms with E-state index in [1.165, 1.54) is 0 Å². The number of carbonyl (C=O) groups is 3. The first-order valence-electron chi connectivity index (χ1n) is 14.3. The number of hydroxylamine groups is 1. The van der Waals surface area contributed by atoms with Gasteiger partial charge in [0.1, 0.15) is 12.4 Å². The van der Waals surface area contributed by atoms with E-state index in [0.29, 0.717) is 48.5 Å². The Morgan fingerprint density at radius 1 is 1.21 bits per heavy atom. The molecule has 2 aromatic heterocycles. The fourth-order valence-electron chi connectivity index (χ4n) is 5.69. The Morgan fingerprint density at radius 2 is 2.00 bits per heavy atom. The number of benzene rings is 1. The van der Waals surface area contributed by atoms with Gasteiger partial charge in [-0.05, 0) is 49.9 Å². The van der Waals surface area contributed by atoms with Gasteiger partial charge in [-0.15, -0.1) is 6.58 Å². The number of pyridine rings is 2. The third-order valence-electron chi connectivity index (χ3n) is 8.04. The summed E-state index contributed by atoms with van der Waals surface area (Å²) in [5, 5.41) is 23.1. The minimum atomic E-state index is -1.90. The van der Waals surface area contributed by atoms with E-state index in [9.17, 15) is 24.3 Å². The van der Waals surface area contributed by atoms with Gasteiger partial charge >= 0.3 is 12.1 Å². The Hall–Kier alpha value is -4.55. The lowest BCUT2D eigenvalue weighted by molar-refractivity contribution is -0.172. The van der Waals surface area contributed by atoms with Crippen LogP contribution in [-0.4, -0.2) is 44.4 Å². The van der Waals surface area contributed by atoms with Crippen LogP contribution in [0.5, 0.6) is 5.75 Å². The highest BCUT2D eigenvalue weighted by Crippen LogP contribution is 2.39. The Balaban J connectivity index is 1.37. The summed E-state index contributed by atoms with van der Waals surface area (Å²) in [7, 11) is 0. The van der Waals surface area contributed by atoms with Crippen molar-refractivity contribution in [1.29, 1.82) is 0 Å². The Bertz CT molecular complexity index is 1680. The largest absolute Gasteiger partial charge is 0.458 e. The van der Waals surface area contributed by atoms with Gasteiger partial charge in [-0.1, -0.05) is 25.8 Å². The van der Waals surface area contributed by atoms with Crippen LogP contribution in [0.3, 0.4) is 0 Å². The summed E-state index contributed by atoms with van der Waals surface area (Å²) in [6.07, 6.45) is 4.79. The van der Waals surface area contributed by atoms with Crippen LogP contribution < -0.4 is 21.1 Å². The van der Waals surface area contributed by atoms with Gasteiger partial charge in [0.25, 0.3) is 5.56 Å². The van der Waals surface area contributed by atoms with Crippen molar-refractivity contribution >= 4 is 28.9 Å². The number of hydrogen-bond acceptors (Lipinski definition) is 9. The lowest BCUT2D eigenvalue weighted by atomic mass is 9.86. The number of nitrogens with one attached hydrogen (secondary N) is 2. The monoisotopic (exact) mass is 590 g/mol. The summed E-state index contributed by atoms with van der Waals surface area (Å²) in [5.41, 5.74) is 3.12. The molecule has 4 heterocycles. The summed E-state index contributed by atoms with van der Waals surface area (Å²) in [6, 6.07) is 7.01. The number of allylic oxidation sites excluding steroid dienone is 1. The smallest absolute Gasteiger partial charge is 0.412 e. The van der Waals surface area contributed by atoms with Crippen LogP contribution in [0.1, 0.15) is 67.7 Å². The van der Waals surface area contributed by atoms with E-state index in [2.05, 4.69) is 11.9 Å². The van der Waals surface area contributed by atoms with E-state index < -0.39 is 23.6 Å². The third-order valence-corrected chi connectivity index (χ3v) is 8.04. The summed E-state index contributed by atoms with van der Waals surface area (Å²) in [4.78, 5) is 54.4. The number of carbonyl (C=O) groups excluding carboxylic acids is 3. The topological polar surface area (TPSA) is 169 Å².